The van der Waals surface area contributed by atoms with Gasteiger partial charge in [-0.3, -0.25) is 0 Å². The predicted octanol–water partition coefficient (Wildman–Crippen LogP) is 1.11. The molecular formula is C9H15N3. The minimum Gasteiger partial charge on any atom is -0.334 e. The van der Waals surface area contributed by atoms with Gasteiger partial charge in [0.2, 0.25) is 0 Å². The third-order valence-corrected chi connectivity index (χ3v) is 2.54. The van der Waals surface area contributed by atoms with E-state index in [0.717, 1.165) is 19.5 Å². The largest absolute Gasteiger partial charge is 0.334 e. The number of rotatable bonds is 1. The molecule has 0 bridgehead atoms. The van der Waals surface area contributed by atoms with Gasteiger partial charge in [0.15, 0.2) is 0 Å². The van der Waals surface area contributed by atoms with E-state index in [1.54, 1.807) is 0 Å². The first-order valence-corrected chi connectivity index (χ1v) is 4.60. The summed E-state index contributed by atoms with van der Waals surface area (Å²) in [5.74, 6) is 0. The van der Waals surface area contributed by atoms with Crippen LogP contribution < -0.4 is 5.32 Å². The van der Waals surface area contributed by atoms with E-state index in [2.05, 4.69) is 28.7 Å². The third kappa shape index (κ3) is 1.05. The number of fused-ring (bicyclic) bond motifs is 1. The molecule has 1 aromatic heterocycles. The molecular weight excluding hydrogens is 150 g/mol. The molecule has 3 nitrogen and oxygen atoms in total. The van der Waals surface area contributed by atoms with E-state index in [1.807, 2.05) is 6.33 Å². The van der Waals surface area contributed by atoms with Gasteiger partial charge in [-0.15, -0.1) is 0 Å². The van der Waals surface area contributed by atoms with E-state index in [0.29, 0.717) is 6.04 Å². The van der Waals surface area contributed by atoms with Crippen LogP contribution in [0.25, 0.3) is 0 Å². The van der Waals surface area contributed by atoms with E-state index in [4.69, 9.17) is 0 Å². The first-order chi connectivity index (χ1) is 5.83. The molecule has 1 aliphatic heterocycles. The van der Waals surface area contributed by atoms with Crippen molar-refractivity contribution in [3.63, 3.8) is 0 Å². The lowest BCUT2D eigenvalue weighted by Gasteiger charge is -2.20. The summed E-state index contributed by atoms with van der Waals surface area (Å²) >= 11 is 0. The summed E-state index contributed by atoms with van der Waals surface area (Å²) in [4.78, 5) is 4.41. The van der Waals surface area contributed by atoms with E-state index in [9.17, 15) is 0 Å². The van der Waals surface area contributed by atoms with Gasteiger partial charge in [0, 0.05) is 31.2 Å². The van der Waals surface area contributed by atoms with E-state index >= 15 is 0 Å². The number of imidazole rings is 1. The van der Waals surface area contributed by atoms with Crippen molar-refractivity contribution in [2.45, 2.75) is 32.9 Å². The molecule has 1 unspecified atom stereocenters. The second-order valence-electron chi connectivity index (χ2n) is 3.29. The van der Waals surface area contributed by atoms with Crippen LogP contribution in [0.3, 0.4) is 0 Å². The fourth-order valence-electron chi connectivity index (χ4n) is 1.83. The van der Waals surface area contributed by atoms with Gasteiger partial charge in [-0.1, -0.05) is 0 Å². The number of nitrogens with one attached hydrogen (secondary N) is 1. The summed E-state index contributed by atoms with van der Waals surface area (Å²) in [5, 5.41) is 3.40. The topological polar surface area (TPSA) is 29.9 Å². The van der Waals surface area contributed by atoms with Crippen LogP contribution in [0.1, 0.15) is 31.3 Å². The highest BCUT2D eigenvalue weighted by Crippen LogP contribution is 2.20. The monoisotopic (exact) mass is 165 g/mol. The number of nitrogens with zero attached hydrogens (tertiary/aromatic N) is 2. The molecule has 1 N–H and O–H groups in total. The van der Waals surface area contributed by atoms with Gasteiger partial charge >= 0.3 is 0 Å². The Hall–Kier alpha value is -0.830. The maximum atomic E-state index is 4.41. The molecule has 1 aliphatic rings. The van der Waals surface area contributed by atoms with Crippen molar-refractivity contribution in [3.05, 3.63) is 17.7 Å². The summed E-state index contributed by atoms with van der Waals surface area (Å²) in [6, 6.07) is 0.432. The molecule has 0 spiro atoms. The summed E-state index contributed by atoms with van der Waals surface area (Å²) in [7, 11) is 0. The lowest BCUT2D eigenvalue weighted by atomic mass is 10.1. The van der Waals surface area contributed by atoms with E-state index in [1.165, 1.54) is 11.4 Å². The minimum atomic E-state index is 0.432. The normalized spacial score (nSPS) is 22.3. The Labute approximate surface area is 72.8 Å². The Morgan fingerprint density at radius 3 is 3.33 bits per heavy atom. The quantitative estimate of drug-likeness (QED) is 0.675. The molecule has 0 saturated carbocycles. The maximum absolute atomic E-state index is 4.41. The summed E-state index contributed by atoms with van der Waals surface area (Å²) in [6.45, 7) is 6.45. The molecule has 0 aliphatic carbocycles. The lowest BCUT2D eigenvalue weighted by Crippen LogP contribution is -2.28. The number of hydrogen-bond acceptors (Lipinski definition) is 2. The highest BCUT2D eigenvalue weighted by atomic mass is 15.1. The standard InChI is InChI=1S/C9H15N3/c1-3-12-6-11-9-7(2)10-5-4-8(9)12/h6-7,10H,3-5H2,1-2H3. The van der Waals surface area contributed by atoms with Crippen LogP contribution in [0.4, 0.5) is 0 Å². The van der Waals surface area contributed by atoms with Crippen LogP contribution in [-0.4, -0.2) is 16.1 Å². The second-order valence-corrected chi connectivity index (χ2v) is 3.29. The van der Waals surface area contributed by atoms with Crippen molar-refractivity contribution < 1.29 is 0 Å². The average Bonchev–Trinajstić information content (AvgIpc) is 2.49. The molecule has 66 valence electrons. The first-order valence-electron chi connectivity index (χ1n) is 4.60. The van der Waals surface area contributed by atoms with Crippen molar-refractivity contribution >= 4 is 0 Å². The van der Waals surface area contributed by atoms with Crippen LogP contribution in [-0.2, 0) is 13.0 Å². The van der Waals surface area contributed by atoms with Gasteiger partial charge in [-0.25, -0.2) is 4.98 Å². The van der Waals surface area contributed by atoms with Gasteiger partial charge in [-0.05, 0) is 13.8 Å². The average molecular weight is 165 g/mol. The predicted molar refractivity (Wildman–Crippen MR) is 48.0 cm³/mol. The smallest absolute Gasteiger partial charge is 0.0952 e. The van der Waals surface area contributed by atoms with Gasteiger partial charge in [0.1, 0.15) is 0 Å². The Bertz CT molecular complexity index is 277. The van der Waals surface area contributed by atoms with Crippen LogP contribution in [0, 0.1) is 0 Å². The van der Waals surface area contributed by atoms with E-state index in [-0.39, 0.29) is 0 Å². The second kappa shape index (κ2) is 2.90. The SMILES string of the molecule is CCn1cnc2c1CCNC2C. The highest BCUT2D eigenvalue weighted by Gasteiger charge is 2.19. The summed E-state index contributed by atoms with van der Waals surface area (Å²) < 4.78 is 2.24. The van der Waals surface area contributed by atoms with Gasteiger partial charge < -0.3 is 9.88 Å². The summed E-state index contributed by atoms with van der Waals surface area (Å²) in [5.41, 5.74) is 2.66. The fraction of sp³-hybridized carbons (Fsp3) is 0.667. The number of aromatic nitrogens is 2. The van der Waals surface area contributed by atoms with Crippen molar-refractivity contribution in [2.75, 3.05) is 6.54 Å². The molecule has 1 atom stereocenters. The molecule has 0 aromatic carbocycles. The van der Waals surface area contributed by atoms with Crippen molar-refractivity contribution in [1.82, 2.24) is 14.9 Å². The molecule has 0 fully saturated rings. The van der Waals surface area contributed by atoms with Gasteiger partial charge in [-0.2, -0.15) is 0 Å². The van der Waals surface area contributed by atoms with Crippen LogP contribution in [0.2, 0.25) is 0 Å². The Balaban J connectivity index is 2.41. The zero-order valence-corrected chi connectivity index (χ0v) is 7.67. The molecule has 2 rings (SSSR count). The van der Waals surface area contributed by atoms with Crippen molar-refractivity contribution in [3.8, 4) is 0 Å². The third-order valence-electron chi connectivity index (χ3n) is 2.54. The zero-order chi connectivity index (χ0) is 8.55. The summed E-state index contributed by atoms with van der Waals surface area (Å²) in [6.07, 6.45) is 3.07. The van der Waals surface area contributed by atoms with Crippen LogP contribution >= 0.6 is 0 Å². The Kier molecular flexibility index (Phi) is 1.89. The minimum absolute atomic E-state index is 0.432. The highest BCUT2D eigenvalue weighted by molar-refractivity contribution is 5.20. The van der Waals surface area contributed by atoms with Crippen LogP contribution in [0.5, 0.6) is 0 Å². The Morgan fingerprint density at radius 1 is 1.75 bits per heavy atom. The van der Waals surface area contributed by atoms with Crippen molar-refractivity contribution in [2.24, 2.45) is 0 Å². The van der Waals surface area contributed by atoms with E-state index < -0.39 is 0 Å². The fourth-order valence-corrected chi connectivity index (χ4v) is 1.83. The van der Waals surface area contributed by atoms with Crippen LogP contribution in [0.15, 0.2) is 6.33 Å². The molecule has 0 saturated heterocycles. The first kappa shape index (κ1) is 7.80. The number of hydrogen-bond donors (Lipinski definition) is 1. The molecule has 2 heterocycles. The molecule has 0 radical (unpaired) electrons. The molecule has 0 amide bonds. The maximum Gasteiger partial charge on any atom is 0.0952 e. The van der Waals surface area contributed by atoms with Gasteiger partial charge in [0.25, 0.3) is 0 Å². The zero-order valence-electron chi connectivity index (χ0n) is 7.67. The lowest BCUT2D eigenvalue weighted by molar-refractivity contribution is 0.515. The van der Waals surface area contributed by atoms with Gasteiger partial charge in [0.05, 0.1) is 12.0 Å². The Morgan fingerprint density at radius 2 is 2.58 bits per heavy atom. The molecule has 1 aromatic rings. The number of aryl methyl sites for hydroxylation is 1. The van der Waals surface area contributed by atoms with Crippen molar-refractivity contribution in [1.29, 1.82) is 0 Å². The molecule has 12 heavy (non-hydrogen) atoms. The molecule has 3 heteroatoms.